The molecule has 0 aliphatic rings. The van der Waals surface area contributed by atoms with E-state index in [1.807, 2.05) is 0 Å². The van der Waals surface area contributed by atoms with E-state index < -0.39 is 0 Å². The third-order valence-electron chi connectivity index (χ3n) is 3.21. The molecule has 6 nitrogen and oxygen atoms in total. The van der Waals surface area contributed by atoms with Gasteiger partial charge in [0.05, 0.1) is 34.8 Å². The van der Waals surface area contributed by atoms with Gasteiger partial charge >= 0.3 is 0 Å². The van der Waals surface area contributed by atoms with E-state index in [0.29, 0.717) is 27.5 Å². The fourth-order valence-corrected chi connectivity index (χ4v) is 2.26. The molecule has 0 radical (unpaired) electrons. The van der Waals surface area contributed by atoms with Crippen LogP contribution in [0.25, 0.3) is 5.52 Å². The van der Waals surface area contributed by atoms with Gasteiger partial charge in [0.1, 0.15) is 0 Å². The first kappa shape index (κ1) is 13.4. The second kappa shape index (κ2) is 5.06. The highest BCUT2D eigenvalue weighted by molar-refractivity contribution is 6.31. The van der Waals surface area contributed by atoms with E-state index in [1.165, 1.54) is 11.1 Å². The average molecular weight is 302 g/mol. The SMILES string of the molecule is CN(C(=O)c1cnn2ccncc12)c1cc(Cl)ccc1N. The van der Waals surface area contributed by atoms with Gasteiger partial charge in [-0.25, -0.2) is 4.52 Å². The zero-order valence-corrected chi connectivity index (χ0v) is 11.9. The van der Waals surface area contributed by atoms with Crippen LogP contribution in [-0.4, -0.2) is 27.6 Å². The number of halogens is 1. The number of amides is 1. The largest absolute Gasteiger partial charge is 0.397 e. The van der Waals surface area contributed by atoms with E-state index in [1.54, 1.807) is 48.4 Å². The van der Waals surface area contributed by atoms with Crippen LogP contribution in [0.1, 0.15) is 10.4 Å². The molecule has 0 spiro atoms. The number of hydrogen-bond acceptors (Lipinski definition) is 4. The van der Waals surface area contributed by atoms with E-state index in [0.717, 1.165) is 0 Å². The van der Waals surface area contributed by atoms with Crippen LogP contribution in [0.4, 0.5) is 11.4 Å². The molecule has 0 bridgehead atoms. The van der Waals surface area contributed by atoms with Crippen LogP contribution in [0.3, 0.4) is 0 Å². The van der Waals surface area contributed by atoms with Crippen molar-refractivity contribution in [3.8, 4) is 0 Å². The molecule has 0 atom stereocenters. The minimum atomic E-state index is -0.230. The number of rotatable bonds is 2. The molecule has 2 N–H and O–H groups in total. The van der Waals surface area contributed by atoms with Crippen molar-refractivity contribution in [1.29, 1.82) is 0 Å². The first-order valence-electron chi connectivity index (χ1n) is 6.18. The van der Waals surface area contributed by atoms with Gasteiger partial charge in [-0.15, -0.1) is 0 Å². The summed E-state index contributed by atoms with van der Waals surface area (Å²) in [5, 5.41) is 4.64. The zero-order chi connectivity index (χ0) is 15.0. The Kier molecular flexibility index (Phi) is 3.23. The topological polar surface area (TPSA) is 76.5 Å². The normalized spacial score (nSPS) is 10.8. The standard InChI is InChI=1S/C14H12ClN5O/c1-19(12-6-9(15)2-3-11(12)16)14(21)10-7-18-20-5-4-17-8-13(10)20/h2-8H,16H2,1H3. The number of nitrogens with two attached hydrogens (primary N) is 1. The molecule has 0 fully saturated rings. The van der Waals surface area contributed by atoms with Gasteiger partial charge in [0.25, 0.3) is 5.91 Å². The van der Waals surface area contributed by atoms with Crippen LogP contribution in [-0.2, 0) is 0 Å². The van der Waals surface area contributed by atoms with E-state index in [9.17, 15) is 4.79 Å². The van der Waals surface area contributed by atoms with Crippen molar-refractivity contribution < 1.29 is 4.79 Å². The van der Waals surface area contributed by atoms with Crippen molar-refractivity contribution in [1.82, 2.24) is 14.6 Å². The molecule has 1 aromatic carbocycles. The lowest BCUT2D eigenvalue weighted by Crippen LogP contribution is -2.27. The van der Waals surface area contributed by atoms with Crippen LogP contribution in [0.2, 0.25) is 5.02 Å². The summed E-state index contributed by atoms with van der Waals surface area (Å²) in [6.45, 7) is 0. The van der Waals surface area contributed by atoms with E-state index >= 15 is 0 Å². The van der Waals surface area contributed by atoms with Gasteiger partial charge in [0.2, 0.25) is 0 Å². The lowest BCUT2D eigenvalue weighted by Gasteiger charge is -2.19. The van der Waals surface area contributed by atoms with Crippen molar-refractivity contribution in [2.24, 2.45) is 0 Å². The summed E-state index contributed by atoms with van der Waals surface area (Å²) in [6.07, 6.45) is 6.39. The Morgan fingerprint density at radius 2 is 2.19 bits per heavy atom. The molecule has 1 amide bonds. The van der Waals surface area contributed by atoms with E-state index in [2.05, 4.69) is 10.1 Å². The van der Waals surface area contributed by atoms with Crippen molar-refractivity contribution in [2.75, 3.05) is 17.7 Å². The highest BCUT2D eigenvalue weighted by atomic mass is 35.5. The molecule has 7 heteroatoms. The number of fused-ring (bicyclic) bond motifs is 1. The van der Waals surface area contributed by atoms with Gasteiger partial charge in [0.15, 0.2) is 0 Å². The Bertz CT molecular complexity index is 829. The number of anilines is 2. The number of carbonyl (C=O) groups is 1. The number of nitrogens with zero attached hydrogens (tertiary/aromatic N) is 4. The predicted molar refractivity (Wildman–Crippen MR) is 81.6 cm³/mol. The Morgan fingerprint density at radius 3 is 3.00 bits per heavy atom. The molecule has 0 saturated carbocycles. The van der Waals surface area contributed by atoms with Gasteiger partial charge < -0.3 is 10.6 Å². The van der Waals surface area contributed by atoms with E-state index in [-0.39, 0.29) is 5.91 Å². The first-order valence-corrected chi connectivity index (χ1v) is 6.56. The summed E-state index contributed by atoms with van der Waals surface area (Å²) in [5.41, 5.74) is 8.02. The molecule has 2 heterocycles. The third-order valence-corrected chi connectivity index (χ3v) is 3.45. The predicted octanol–water partition coefficient (Wildman–Crippen LogP) is 2.24. The highest BCUT2D eigenvalue weighted by Crippen LogP contribution is 2.27. The molecule has 0 aliphatic carbocycles. The maximum atomic E-state index is 12.6. The molecular formula is C14H12ClN5O. The van der Waals surface area contributed by atoms with Crippen LogP contribution >= 0.6 is 11.6 Å². The quantitative estimate of drug-likeness (QED) is 0.736. The lowest BCUT2D eigenvalue weighted by molar-refractivity contribution is 0.0994. The molecule has 0 saturated heterocycles. The van der Waals surface area contributed by atoms with Crippen molar-refractivity contribution in [3.63, 3.8) is 0 Å². The minimum Gasteiger partial charge on any atom is -0.397 e. The molecule has 21 heavy (non-hydrogen) atoms. The van der Waals surface area contributed by atoms with Crippen molar-refractivity contribution in [3.05, 3.63) is 53.6 Å². The number of aromatic nitrogens is 3. The molecule has 0 aliphatic heterocycles. The highest BCUT2D eigenvalue weighted by Gasteiger charge is 2.19. The van der Waals surface area contributed by atoms with Crippen molar-refractivity contribution in [2.45, 2.75) is 0 Å². The Labute approximate surface area is 125 Å². The Hall–Kier alpha value is -2.60. The molecule has 3 aromatic rings. The summed E-state index contributed by atoms with van der Waals surface area (Å²) < 4.78 is 1.59. The summed E-state index contributed by atoms with van der Waals surface area (Å²) in [7, 11) is 1.64. The fraction of sp³-hybridized carbons (Fsp3) is 0.0714. The second-order valence-corrected chi connectivity index (χ2v) is 4.97. The first-order chi connectivity index (χ1) is 10.1. The number of nitrogen functional groups attached to an aromatic ring is 1. The number of carbonyl (C=O) groups excluding carboxylic acids is 1. The minimum absolute atomic E-state index is 0.230. The van der Waals surface area contributed by atoms with Gasteiger partial charge in [-0.3, -0.25) is 9.78 Å². The fourth-order valence-electron chi connectivity index (χ4n) is 2.10. The maximum absolute atomic E-state index is 12.6. The summed E-state index contributed by atoms with van der Waals surface area (Å²) in [4.78, 5) is 18.1. The van der Waals surface area contributed by atoms with Crippen LogP contribution < -0.4 is 10.6 Å². The molecular weight excluding hydrogens is 290 g/mol. The molecule has 0 unspecified atom stereocenters. The van der Waals surface area contributed by atoms with Crippen molar-refractivity contribution >= 4 is 34.4 Å². The second-order valence-electron chi connectivity index (χ2n) is 4.53. The monoisotopic (exact) mass is 301 g/mol. The van der Waals surface area contributed by atoms with Crippen LogP contribution in [0, 0.1) is 0 Å². The number of hydrogen-bond donors (Lipinski definition) is 1. The van der Waals surface area contributed by atoms with Gasteiger partial charge in [-0.05, 0) is 18.2 Å². The summed E-state index contributed by atoms with van der Waals surface area (Å²) in [5.74, 6) is -0.230. The van der Waals surface area contributed by atoms with Gasteiger partial charge in [-0.2, -0.15) is 5.10 Å². The summed E-state index contributed by atoms with van der Waals surface area (Å²) >= 11 is 5.97. The average Bonchev–Trinajstić information content (AvgIpc) is 2.92. The lowest BCUT2D eigenvalue weighted by atomic mass is 10.2. The van der Waals surface area contributed by atoms with Gasteiger partial charge in [0, 0.05) is 24.5 Å². The number of benzene rings is 1. The van der Waals surface area contributed by atoms with Crippen LogP contribution in [0.5, 0.6) is 0 Å². The van der Waals surface area contributed by atoms with E-state index in [4.69, 9.17) is 17.3 Å². The Morgan fingerprint density at radius 1 is 1.38 bits per heavy atom. The molecule has 106 valence electrons. The summed E-state index contributed by atoms with van der Waals surface area (Å²) in [6, 6.07) is 5.00. The zero-order valence-electron chi connectivity index (χ0n) is 11.2. The third kappa shape index (κ3) is 2.30. The molecule has 2 aromatic heterocycles. The molecule has 3 rings (SSSR count). The maximum Gasteiger partial charge on any atom is 0.261 e. The smallest absolute Gasteiger partial charge is 0.261 e. The van der Waals surface area contributed by atoms with Gasteiger partial charge in [-0.1, -0.05) is 11.6 Å². The Balaban J connectivity index is 2.03. The van der Waals surface area contributed by atoms with Crippen LogP contribution in [0.15, 0.2) is 43.0 Å².